The molecule has 9 heteroatoms. The molecule has 0 radical (unpaired) electrons. The van der Waals surface area contributed by atoms with Crippen molar-refractivity contribution >= 4 is 34.1 Å². The summed E-state index contributed by atoms with van der Waals surface area (Å²) < 4.78 is 1.56. The Balaban J connectivity index is 1.66. The van der Waals surface area contributed by atoms with Crippen LogP contribution in [0.15, 0.2) is 53.6 Å². The number of para-hydroxylation sites is 2. The summed E-state index contributed by atoms with van der Waals surface area (Å²) >= 11 is 1.24. The van der Waals surface area contributed by atoms with Crippen LogP contribution in [0.5, 0.6) is 0 Å². The highest BCUT2D eigenvalue weighted by molar-refractivity contribution is 7.99. The first-order valence-electron chi connectivity index (χ1n) is 7.78. The first kappa shape index (κ1) is 16.1. The first-order valence-corrected chi connectivity index (χ1v) is 8.66. The van der Waals surface area contributed by atoms with Crippen molar-refractivity contribution < 1.29 is 5.11 Å². The molecular formula is C17H13N7OS. The van der Waals surface area contributed by atoms with Crippen LogP contribution in [0.25, 0.3) is 22.4 Å². The Hall–Kier alpha value is -3.38. The van der Waals surface area contributed by atoms with E-state index in [0.29, 0.717) is 16.8 Å². The van der Waals surface area contributed by atoms with E-state index >= 15 is 0 Å². The Morgan fingerprint density at radius 3 is 2.92 bits per heavy atom. The van der Waals surface area contributed by atoms with E-state index in [1.165, 1.54) is 11.8 Å². The minimum absolute atomic E-state index is 0.0802. The minimum Gasteiger partial charge on any atom is -0.510 e. The number of aliphatic hydroxyl groups is 1. The Morgan fingerprint density at radius 1 is 1.31 bits per heavy atom. The highest BCUT2D eigenvalue weighted by Crippen LogP contribution is 2.28. The van der Waals surface area contributed by atoms with Gasteiger partial charge in [-0.25, -0.2) is 14.5 Å². The largest absolute Gasteiger partial charge is 0.510 e. The number of nitriles is 1. The van der Waals surface area contributed by atoms with E-state index in [4.69, 9.17) is 0 Å². The fourth-order valence-electron chi connectivity index (χ4n) is 2.48. The number of H-pyrrole nitrogens is 1. The fourth-order valence-corrected chi connectivity index (χ4v) is 3.30. The maximum absolute atomic E-state index is 10.6. The lowest BCUT2D eigenvalue weighted by Gasteiger charge is -2.09. The molecule has 0 bridgehead atoms. The number of imidazole rings is 1. The molecule has 2 N–H and O–H groups in total. The Morgan fingerprint density at radius 2 is 2.15 bits per heavy atom. The summed E-state index contributed by atoms with van der Waals surface area (Å²) in [5, 5.41) is 24.4. The summed E-state index contributed by atoms with van der Waals surface area (Å²) in [4.78, 5) is 15.8. The van der Waals surface area contributed by atoms with Gasteiger partial charge in [0.1, 0.15) is 17.4 Å². The number of aromatic nitrogens is 6. The van der Waals surface area contributed by atoms with Crippen molar-refractivity contribution in [1.29, 1.82) is 5.26 Å². The first-order chi connectivity index (χ1) is 12.7. The smallest absolute Gasteiger partial charge is 0.253 e. The highest BCUT2D eigenvalue weighted by atomic mass is 32.2. The van der Waals surface area contributed by atoms with Gasteiger partial charge in [-0.1, -0.05) is 23.9 Å². The summed E-state index contributed by atoms with van der Waals surface area (Å²) in [7, 11) is 0. The fraction of sp³-hybridized carbons (Fsp3) is 0.118. The number of hydrogen-bond acceptors (Lipinski definition) is 7. The monoisotopic (exact) mass is 363 g/mol. The van der Waals surface area contributed by atoms with E-state index in [9.17, 15) is 10.4 Å². The molecule has 1 unspecified atom stereocenters. The highest BCUT2D eigenvalue weighted by Gasteiger charge is 2.20. The van der Waals surface area contributed by atoms with Gasteiger partial charge in [-0.2, -0.15) is 10.2 Å². The lowest BCUT2D eigenvalue weighted by atomic mass is 10.2. The zero-order chi connectivity index (χ0) is 18.1. The minimum atomic E-state index is -0.435. The molecular weight excluding hydrogens is 350 g/mol. The number of hydrogen-bond donors (Lipinski definition) is 2. The third-order valence-corrected chi connectivity index (χ3v) is 4.72. The van der Waals surface area contributed by atoms with Gasteiger partial charge in [-0.15, -0.1) is 5.10 Å². The predicted molar refractivity (Wildman–Crippen MR) is 97.4 cm³/mol. The zero-order valence-corrected chi connectivity index (χ0v) is 14.5. The van der Waals surface area contributed by atoms with Crippen LogP contribution in [0.4, 0.5) is 0 Å². The van der Waals surface area contributed by atoms with E-state index in [1.54, 1.807) is 29.9 Å². The van der Waals surface area contributed by atoms with Gasteiger partial charge in [-0.05, 0) is 25.1 Å². The molecule has 0 aliphatic heterocycles. The lowest BCUT2D eigenvalue weighted by Crippen LogP contribution is -2.05. The molecule has 26 heavy (non-hydrogen) atoms. The van der Waals surface area contributed by atoms with Gasteiger partial charge in [0.25, 0.3) is 5.78 Å². The van der Waals surface area contributed by atoms with Crippen LogP contribution < -0.4 is 0 Å². The third kappa shape index (κ3) is 2.87. The van der Waals surface area contributed by atoms with Crippen LogP contribution in [0.1, 0.15) is 12.7 Å². The molecule has 0 amide bonds. The van der Waals surface area contributed by atoms with Crippen molar-refractivity contribution in [2.45, 2.75) is 17.3 Å². The number of nitrogens with zero attached hydrogens (tertiary/aromatic N) is 6. The molecule has 1 atom stereocenters. The molecule has 0 saturated heterocycles. The van der Waals surface area contributed by atoms with Crippen LogP contribution in [0.2, 0.25) is 0 Å². The van der Waals surface area contributed by atoms with Crippen molar-refractivity contribution in [2.24, 2.45) is 0 Å². The maximum Gasteiger partial charge on any atom is 0.253 e. The molecule has 3 aromatic heterocycles. The van der Waals surface area contributed by atoms with Gasteiger partial charge in [0.05, 0.1) is 16.3 Å². The zero-order valence-electron chi connectivity index (χ0n) is 13.7. The molecule has 0 saturated carbocycles. The van der Waals surface area contributed by atoms with Gasteiger partial charge >= 0.3 is 0 Å². The summed E-state index contributed by atoms with van der Waals surface area (Å²) in [6.45, 7) is 1.78. The Labute approximate surface area is 152 Å². The van der Waals surface area contributed by atoms with Crippen molar-refractivity contribution in [1.82, 2.24) is 29.5 Å². The SMILES string of the molecule is CC(Sc1nc2ncccn2n1)/C(O)=C(\C#N)c1nc2ccccc2[nH]1. The molecule has 4 aromatic rings. The topological polar surface area (TPSA) is 116 Å². The second-order valence-corrected chi connectivity index (χ2v) is 6.80. The van der Waals surface area contributed by atoms with Crippen LogP contribution in [-0.4, -0.2) is 39.9 Å². The number of aliphatic hydroxyl groups excluding tert-OH is 1. The van der Waals surface area contributed by atoms with E-state index in [-0.39, 0.29) is 11.3 Å². The standard InChI is InChI=1S/C17H13N7OS/c1-10(26-17-22-16-19-7-4-8-24(16)23-17)14(25)11(9-18)15-20-12-5-2-3-6-13(12)21-15/h2-8,10,25H,1H3,(H,20,21)/b14-11-. The average Bonchev–Trinajstić information content (AvgIpc) is 3.25. The number of fused-ring (bicyclic) bond motifs is 2. The van der Waals surface area contributed by atoms with Gasteiger partial charge in [0.2, 0.25) is 5.16 Å². The summed E-state index contributed by atoms with van der Waals surface area (Å²) in [6, 6.07) is 11.2. The van der Waals surface area contributed by atoms with Crippen LogP contribution >= 0.6 is 11.8 Å². The molecule has 8 nitrogen and oxygen atoms in total. The van der Waals surface area contributed by atoms with Crippen LogP contribution in [0, 0.1) is 11.3 Å². The van der Waals surface area contributed by atoms with Gasteiger partial charge in [0.15, 0.2) is 5.82 Å². The number of rotatable bonds is 4. The molecule has 1 aromatic carbocycles. The van der Waals surface area contributed by atoms with E-state index < -0.39 is 5.25 Å². The van der Waals surface area contributed by atoms with Crippen molar-refractivity contribution in [3.63, 3.8) is 0 Å². The summed E-state index contributed by atoms with van der Waals surface area (Å²) in [5.41, 5.74) is 1.64. The quantitative estimate of drug-likeness (QED) is 0.325. The van der Waals surface area contributed by atoms with Crippen LogP contribution in [-0.2, 0) is 0 Å². The number of benzene rings is 1. The Bertz CT molecular complexity index is 1100. The molecule has 0 fully saturated rings. The molecule has 0 spiro atoms. The molecule has 0 aliphatic rings. The molecule has 4 rings (SSSR count). The van der Waals surface area contributed by atoms with E-state index in [2.05, 4.69) is 25.0 Å². The lowest BCUT2D eigenvalue weighted by molar-refractivity contribution is 0.401. The number of thioether (sulfide) groups is 1. The average molecular weight is 363 g/mol. The predicted octanol–water partition coefficient (Wildman–Crippen LogP) is 2.97. The summed E-state index contributed by atoms with van der Waals surface area (Å²) in [6.07, 6.45) is 3.38. The second-order valence-electron chi connectivity index (χ2n) is 5.49. The molecule has 0 aliphatic carbocycles. The van der Waals surface area contributed by atoms with Gasteiger partial charge in [0, 0.05) is 12.4 Å². The Kier molecular flexibility index (Phi) is 4.02. The van der Waals surface area contributed by atoms with E-state index in [1.807, 2.05) is 30.3 Å². The third-order valence-electron chi connectivity index (χ3n) is 3.76. The van der Waals surface area contributed by atoms with Gasteiger partial charge in [-0.3, -0.25) is 0 Å². The van der Waals surface area contributed by atoms with E-state index in [0.717, 1.165) is 11.0 Å². The molecule has 128 valence electrons. The normalized spacial score (nSPS) is 13.5. The number of nitrogens with one attached hydrogen (secondary N) is 1. The number of aromatic amines is 1. The van der Waals surface area contributed by atoms with Crippen molar-refractivity contribution in [2.75, 3.05) is 0 Å². The number of allylic oxidation sites excluding steroid dienone is 1. The summed E-state index contributed by atoms with van der Waals surface area (Å²) in [5.74, 6) is 0.732. The van der Waals surface area contributed by atoms with Crippen molar-refractivity contribution in [3.8, 4) is 6.07 Å². The van der Waals surface area contributed by atoms with Gasteiger partial charge < -0.3 is 10.1 Å². The molecule has 3 heterocycles. The maximum atomic E-state index is 10.6. The van der Waals surface area contributed by atoms with Crippen LogP contribution in [0.3, 0.4) is 0 Å². The second kappa shape index (κ2) is 6.50. The van der Waals surface area contributed by atoms with Crippen molar-refractivity contribution in [3.05, 3.63) is 54.3 Å².